The zero-order valence-electron chi connectivity index (χ0n) is 14.4. The number of aryl methyl sites for hydroxylation is 2. The second kappa shape index (κ2) is 18.2. The van der Waals surface area contributed by atoms with Crippen molar-refractivity contribution in [2.45, 2.75) is 26.8 Å². The molecule has 0 saturated carbocycles. The number of nitrogens with zero attached hydrogens (tertiary/aromatic N) is 1. The Bertz CT molecular complexity index is 662. The van der Waals surface area contributed by atoms with Gasteiger partial charge in [0.25, 0.3) is 0 Å². The van der Waals surface area contributed by atoms with Crippen molar-refractivity contribution in [3.8, 4) is 0 Å². The standard InChI is InChI=1S/C17H19N.3CO.Cr/c1-13-9-10-14(2)17(11-13)15(3)18-12-16-7-5-4-6-8-16;3*1-2;/h4-12,15H,1-3H3;;;;. The maximum Gasteiger partial charge on any atom is 0 e. The molecule has 0 amide bonds. The van der Waals surface area contributed by atoms with Crippen molar-refractivity contribution in [1.29, 1.82) is 0 Å². The van der Waals surface area contributed by atoms with Gasteiger partial charge >= 0.3 is 33.9 Å². The van der Waals surface area contributed by atoms with Gasteiger partial charge in [0, 0.05) is 23.6 Å². The summed E-state index contributed by atoms with van der Waals surface area (Å²) in [6, 6.07) is 17.0. The van der Waals surface area contributed by atoms with E-state index in [-0.39, 0.29) is 23.4 Å². The maximum atomic E-state index is 7.50. The van der Waals surface area contributed by atoms with Crippen LogP contribution in [0, 0.1) is 33.8 Å². The molecule has 0 aliphatic rings. The molecule has 0 heterocycles. The minimum absolute atomic E-state index is 0. The molecule has 0 radical (unpaired) electrons. The van der Waals surface area contributed by atoms with Crippen molar-refractivity contribution in [3.63, 3.8) is 0 Å². The Kier molecular flexibility index (Phi) is 20.2. The number of hydrogen-bond acceptors (Lipinski definition) is 1. The van der Waals surface area contributed by atoms with Gasteiger partial charge in [0.1, 0.15) is 0 Å². The fourth-order valence-electron chi connectivity index (χ4n) is 2.03. The number of benzene rings is 2. The predicted molar refractivity (Wildman–Crippen MR) is 90.2 cm³/mol. The smallest absolute Gasteiger partial charge is 0 e. The van der Waals surface area contributed by atoms with E-state index < -0.39 is 0 Å². The molecule has 0 spiro atoms. The van der Waals surface area contributed by atoms with Gasteiger partial charge in [-0.1, -0.05) is 54.1 Å². The number of hydrogen-bond donors (Lipinski definition) is 0. The molecule has 0 fully saturated rings. The van der Waals surface area contributed by atoms with E-state index in [4.69, 9.17) is 14.0 Å². The van der Waals surface area contributed by atoms with Crippen molar-refractivity contribution in [2.75, 3.05) is 0 Å². The molecule has 0 saturated heterocycles. The van der Waals surface area contributed by atoms with Gasteiger partial charge in [-0.05, 0) is 37.5 Å². The van der Waals surface area contributed by atoms with E-state index in [2.05, 4.69) is 76.0 Å². The summed E-state index contributed by atoms with van der Waals surface area (Å²) in [5.41, 5.74) is 5.05. The van der Waals surface area contributed by atoms with Crippen LogP contribution in [0.4, 0.5) is 0 Å². The Morgan fingerprint density at radius 2 is 1.40 bits per heavy atom. The SMILES string of the molecule is Cc1ccc(C)c(C(C)N=Cc2ccccc2)c1.[C-]#[O+].[C-]#[O+].[C-]#[O+].[Cr]. The van der Waals surface area contributed by atoms with E-state index in [1.165, 1.54) is 16.7 Å². The van der Waals surface area contributed by atoms with E-state index >= 15 is 0 Å². The van der Waals surface area contributed by atoms with E-state index in [9.17, 15) is 0 Å². The summed E-state index contributed by atoms with van der Waals surface area (Å²) in [4.78, 5) is 4.64. The summed E-state index contributed by atoms with van der Waals surface area (Å²) in [5.74, 6) is 0. The molecule has 1 atom stereocenters. The van der Waals surface area contributed by atoms with Crippen LogP contribution >= 0.6 is 0 Å². The average Bonchev–Trinajstić information content (AvgIpc) is 2.67. The average molecular weight is 373 g/mol. The zero-order valence-corrected chi connectivity index (χ0v) is 15.6. The first-order valence-electron chi connectivity index (χ1n) is 6.93. The van der Waals surface area contributed by atoms with Crippen molar-refractivity contribution < 1.29 is 31.3 Å². The largest absolute Gasteiger partial charge is 0 e. The molecule has 2 aromatic rings. The van der Waals surface area contributed by atoms with Gasteiger partial charge in [-0.2, -0.15) is 0 Å². The molecule has 4 nitrogen and oxygen atoms in total. The van der Waals surface area contributed by atoms with Gasteiger partial charge in [0.05, 0.1) is 6.04 Å². The van der Waals surface area contributed by atoms with Crippen LogP contribution in [0.2, 0.25) is 0 Å². The van der Waals surface area contributed by atoms with Gasteiger partial charge < -0.3 is 0 Å². The quantitative estimate of drug-likeness (QED) is 0.435. The van der Waals surface area contributed by atoms with Crippen molar-refractivity contribution in [3.05, 3.63) is 90.7 Å². The molecule has 1 unspecified atom stereocenters. The van der Waals surface area contributed by atoms with E-state index in [1.807, 2.05) is 24.4 Å². The van der Waals surface area contributed by atoms with Crippen molar-refractivity contribution in [1.82, 2.24) is 0 Å². The Balaban J connectivity index is -0.000000626. The third kappa shape index (κ3) is 11.1. The van der Waals surface area contributed by atoms with Crippen LogP contribution in [0.15, 0.2) is 53.5 Å². The minimum Gasteiger partial charge on any atom is 0 e. The van der Waals surface area contributed by atoms with Crippen LogP contribution < -0.4 is 0 Å². The molecule has 2 rings (SSSR count). The Hall–Kier alpha value is -2.14. The second-order valence-electron chi connectivity index (χ2n) is 4.72. The van der Waals surface area contributed by atoms with E-state index in [1.54, 1.807) is 0 Å². The summed E-state index contributed by atoms with van der Waals surface area (Å²) in [7, 11) is 0. The molecule has 0 aliphatic heterocycles. The molecule has 2 aromatic carbocycles. The molecule has 0 bridgehead atoms. The summed E-state index contributed by atoms with van der Waals surface area (Å²) in [6.45, 7) is 19.9. The number of aliphatic imine (C=N–C) groups is 1. The maximum absolute atomic E-state index is 7.50. The topological polar surface area (TPSA) is 72.1 Å². The van der Waals surface area contributed by atoms with Crippen LogP contribution in [0.5, 0.6) is 0 Å². The third-order valence-corrected chi connectivity index (χ3v) is 3.13. The number of rotatable bonds is 3. The molecule has 0 aliphatic carbocycles. The Labute approximate surface area is 160 Å². The third-order valence-electron chi connectivity index (χ3n) is 3.13. The van der Waals surface area contributed by atoms with Gasteiger partial charge in [0.15, 0.2) is 0 Å². The summed E-state index contributed by atoms with van der Waals surface area (Å²) >= 11 is 0. The normalized spacial score (nSPS) is 9.48. The van der Waals surface area contributed by atoms with E-state index in [0.717, 1.165) is 5.56 Å². The zero-order chi connectivity index (χ0) is 19.0. The molecular formula is C20H19CrNO3. The first-order valence-corrected chi connectivity index (χ1v) is 6.93. The summed E-state index contributed by atoms with van der Waals surface area (Å²) < 4.78 is 22.5. The summed E-state index contributed by atoms with van der Waals surface area (Å²) in [5, 5.41) is 0. The predicted octanol–water partition coefficient (Wildman–Crippen LogP) is 4.37. The Morgan fingerprint density at radius 3 is 1.92 bits per heavy atom. The molecule has 128 valence electrons. The molecule has 25 heavy (non-hydrogen) atoms. The molecule has 0 aromatic heterocycles. The second-order valence-corrected chi connectivity index (χ2v) is 4.72. The van der Waals surface area contributed by atoms with Crippen LogP contribution in [-0.2, 0) is 31.3 Å². The van der Waals surface area contributed by atoms with Crippen molar-refractivity contribution >= 4 is 6.21 Å². The Morgan fingerprint density at radius 1 is 0.880 bits per heavy atom. The fourth-order valence-corrected chi connectivity index (χ4v) is 2.03. The van der Waals surface area contributed by atoms with Gasteiger partial charge in [0.2, 0.25) is 0 Å². The minimum atomic E-state index is 0. The molecular weight excluding hydrogens is 354 g/mol. The summed E-state index contributed by atoms with van der Waals surface area (Å²) in [6.07, 6.45) is 1.95. The first kappa shape index (κ1) is 27.7. The van der Waals surface area contributed by atoms with Crippen LogP contribution in [0.1, 0.15) is 35.2 Å². The van der Waals surface area contributed by atoms with E-state index in [0.29, 0.717) is 0 Å². The van der Waals surface area contributed by atoms with Gasteiger partial charge in [-0.25, -0.2) is 0 Å². The monoisotopic (exact) mass is 373 g/mol. The van der Waals surface area contributed by atoms with Crippen LogP contribution in [0.25, 0.3) is 0 Å². The van der Waals surface area contributed by atoms with Gasteiger partial charge in [-0.15, -0.1) is 0 Å². The van der Waals surface area contributed by atoms with Crippen molar-refractivity contribution in [2.24, 2.45) is 4.99 Å². The van der Waals surface area contributed by atoms with Crippen LogP contribution in [0.3, 0.4) is 0 Å². The fraction of sp³-hybridized carbons (Fsp3) is 0.200. The molecule has 0 N–H and O–H groups in total. The van der Waals surface area contributed by atoms with Gasteiger partial charge in [-0.3, -0.25) is 4.99 Å². The van der Waals surface area contributed by atoms with Crippen LogP contribution in [-0.4, -0.2) is 6.21 Å². The first-order chi connectivity index (χ1) is 11.7. The molecule has 5 heteroatoms.